The summed E-state index contributed by atoms with van der Waals surface area (Å²) in [5.41, 5.74) is 4.38. The van der Waals surface area contributed by atoms with E-state index in [0.29, 0.717) is 0 Å². The minimum atomic E-state index is 0.949. The molecule has 0 atom stereocenters. The number of aromatic nitrogens is 2. The van der Waals surface area contributed by atoms with Crippen LogP contribution in [0.4, 0.5) is 0 Å². The number of hydrogen-bond donors (Lipinski definition) is 0. The van der Waals surface area contributed by atoms with Crippen molar-refractivity contribution in [3.63, 3.8) is 0 Å². The van der Waals surface area contributed by atoms with Gasteiger partial charge in [0.2, 0.25) is 0 Å². The van der Waals surface area contributed by atoms with E-state index < -0.39 is 0 Å². The van der Waals surface area contributed by atoms with Gasteiger partial charge in [0.15, 0.2) is 0 Å². The van der Waals surface area contributed by atoms with E-state index in [-0.39, 0.29) is 0 Å². The Morgan fingerprint density at radius 1 is 0.567 bits per heavy atom. The molecule has 0 bridgehead atoms. The largest absolute Gasteiger partial charge is 0.292 e. The molecule has 30 heavy (non-hydrogen) atoms. The van der Waals surface area contributed by atoms with Crippen LogP contribution in [0.25, 0.3) is 49.7 Å². The number of imidazole rings is 1. The Morgan fingerprint density at radius 3 is 1.83 bits per heavy atom. The Balaban J connectivity index is 1.87. The highest BCUT2D eigenvalue weighted by atomic mass is 79.9. The van der Waals surface area contributed by atoms with E-state index in [4.69, 9.17) is 4.98 Å². The summed E-state index contributed by atoms with van der Waals surface area (Å²) in [5.74, 6) is 0.949. The van der Waals surface area contributed by atoms with Gasteiger partial charge in [-0.05, 0) is 35.0 Å². The van der Waals surface area contributed by atoms with Crippen molar-refractivity contribution >= 4 is 48.5 Å². The fourth-order valence-electron chi connectivity index (χ4n) is 4.33. The van der Waals surface area contributed by atoms with Gasteiger partial charge < -0.3 is 0 Å². The number of halogens is 1. The quantitative estimate of drug-likeness (QED) is 0.247. The molecule has 0 aliphatic rings. The van der Waals surface area contributed by atoms with Gasteiger partial charge in [-0.1, -0.05) is 94.8 Å². The summed E-state index contributed by atoms with van der Waals surface area (Å²) in [5, 5.41) is 4.88. The van der Waals surface area contributed by atoms with Gasteiger partial charge in [-0.3, -0.25) is 4.57 Å². The van der Waals surface area contributed by atoms with Crippen LogP contribution in [0.5, 0.6) is 0 Å². The van der Waals surface area contributed by atoms with E-state index in [1.165, 1.54) is 21.5 Å². The average molecular weight is 449 g/mol. The van der Waals surface area contributed by atoms with Crippen molar-refractivity contribution in [3.05, 3.63) is 108 Å². The lowest BCUT2D eigenvalue weighted by Gasteiger charge is -2.12. The molecule has 0 saturated carbocycles. The van der Waals surface area contributed by atoms with Crippen molar-refractivity contribution in [1.82, 2.24) is 9.55 Å². The zero-order valence-corrected chi connectivity index (χ0v) is 17.7. The first-order valence-corrected chi connectivity index (χ1v) is 10.7. The van der Waals surface area contributed by atoms with E-state index in [1.807, 2.05) is 0 Å². The molecule has 142 valence electrons. The van der Waals surface area contributed by atoms with Crippen LogP contribution in [0, 0.1) is 0 Å². The minimum absolute atomic E-state index is 0.949. The number of para-hydroxylation sites is 1. The van der Waals surface area contributed by atoms with Gasteiger partial charge in [-0.15, -0.1) is 0 Å². The van der Waals surface area contributed by atoms with Gasteiger partial charge in [0.1, 0.15) is 5.82 Å². The van der Waals surface area contributed by atoms with E-state index in [9.17, 15) is 0 Å². The van der Waals surface area contributed by atoms with Crippen LogP contribution in [0.3, 0.4) is 0 Å². The molecule has 0 saturated heterocycles. The molecule has 1 heterocycles. The number of hydrogen-bond acceptors (Lipinski definition) is 1. The van der Waals surface area contributed by atoms with Gasteiger partial charge >= 0.3 is 0 Å². The van der Waals surface area contributed by atoms with Crippen molar-refractivity contribution in [2.75, 3.05) is 0 Å². The topological polar surface area (TPSA) is 17.8 Å². The molecule has 0 aliphatic carbocycles. The zero-order valence-electron chi connectivity index (χ0n) is 16.1. The Kier molecular flexibility index (Phi) is 3.96. The summed E-state index contributed by atoms with van der Waals surface area (Å²) < 4.78 is 3.36. The average Bonchev–Trinajstić information content (AvgIpc) is 3.21. The summed E-state index contributed by atoms with van der Waals surface area (Å²) in [4.78, 5) is 5.21. The number of rotatable bonds is 2. The lowest BCUT2D eigenvalue weighted by molar-refractivity contribution is 1.11. The van der Waals surface area contributed by atoms with E-state index in [0.717, 1.165) is 32.6 Å². The fourth-order valence-corrected chi connectivity index (χ4v) is 4.59. The Morgan fingerprint density at radius 2 is 1.13 bits per heavy atom. The molecular formula is C27H17BrN2. The molecule has 2 nitrogen and oxygen atoms in total. The molecule has 6 rings (SSSR count). The van der Waals surface area contributed by atoms with Gasteiger partial charge in [-0.2, -0.15) is 0 Å². The van der Waals surface area contributed by atoms with Crippen molar-refractivity contribution in [3.8, 4) is 17.1 Å². The molecular weight excluding hydrogens is 432 g/mol. The highest BCUT2D eigenvalue weighted by molar-refractivity contribution is 9.10. The number of benzene rings is 5. The van der Waals surface area contributed by atoms with Crippen molar-refractivity contribution < 1.29 is 0 Å². The normalized spacial score (nSPS) is 11.5. The van der Waals surface area contributed by atoms with Crippen molar-refractivity contribution in [2.24, 2.45) is 0 Å². The first kappa shape index (κ1) is 17.4. The maximum atomic E-state index is 5.21. The molecule has 6 aromatic rings. The molecule has 1 aromatic heterocycles. The van der Waals surface area contributed by atoms with Crippen LogP contribution in [0.1, 0.15) is 0 Å². The zero-order chi connectivity index (χ0) is 20.1. The second-order valence-corrected chi connectivity index (χ2v) is 8.32. The van der Waals surface area contributed by atoms with Crippen LogP contribution < -0.4 is 0 Å². The summed E-state index contributed by atoms with van der Waals surface area (Å²) in [6.07, 6.45) is 0. The molecule has 0 unspecified atom stereocenters. The summed E-state index contributed by atoms with van der Waals surface area (Å²) in [6.45, 7) is 0. The van der Waals surface area contributed by atoms with Crippen LogP contribution in [0.15, 0.2) is 108 Å². The SMILES string of the molecule is Brc1ccc(-c2nc3c4ccccc4c4ccccc4c3n2-c2ccccc2)cc1. The number of fused-ring (bicyclic) bond motifs is 6. The predicted octanol–water partition coefficient (Wildman–Crippen LogP) is 7.76. The van der Waals surface area contributed by atoms with E-state index >= 15 is 0 Å². The predicted molar refractivity (Wildman–Crippen MR) is 129 cm³/mol. The minimum Gasteiger partial charge on any atom is -0.292 e. The highest BCUT2D eigenvalue weighted by Gasteiger charge is 2.19. The smallest absolute Gasteiger partial charge is 0.145 e. The maximum absolute atomic E-state index is 5.21. The van der Waals surface area contributed by atoms with Crippen molar-refractivity contribution in [2.45, 2.75) is 0 Å². The summed E-state index contributed by atoms with van der Waals surface area (Å²) in [7, 11) is 0. The molecule has 0 fully saturated rings. The Labute approximate surface area is 182 Å². The van der Waals surface area contributed by atoms with Gasteiger partial charge in [0, 0.05) is 26.5 Å². The summed E-state index contributed by atoms with van der Waals surface area (Å²) >= 11 is 3.55. The van der Waals surface area contributed by atoms with Crippen LogP contribution in [-0.2, 0) is 0 Å². The second-order valence-electron chi connectivity index (χ2n) is 7.40. The van der Waals surface area contributed by atoms with Crippen molar-refractivity contribution in [1.29, 1.82) is 0 Å². The molecule has 0 spiro atoms. The van der Waals surface area contributed by atoms with Crippen LogP contribution in [-0.4, -0.2) is 9.55 Å². The summed E-state index contributed by atoms with van der Waals surface area (Å²) in [6, 6.07) is 36.1. The molecule has 5 aromatic carbocycles. The first-order chi connectivity index (χ1) is 14.8. The third-order valence-electron chi connectivity index (χ3n) is 5.65. The van der Waals surface area contributed by atoms with Gasteiger partial charge in [0.05, 0.1) is 11.0 Å². The van der Waals surface area contributed by atoms with Gasteiger partial charge in [0.25, 0.3) is 0 Å². The van der Waals surface area contributed by atoms with E-state index in [1.54, 1.807) is 0 Å². The highest BCUT2D eigenvalue weighted by Crippen LogP contribution is 2.39. The monoisotopic (exact) mass is 448 g/mol. The molecule has 0 radical (unpaired) electrons. The maximum Gasteiger partial charge on any atom is 0.145 e. The fraction of sp³-hybridized carbons (Fsp3) is 0. The Bertz CT molecular complexity index is 1530. The van der Waals surface area contributed by atoms with Crippen LogP contribution in [0.2, 0.25) is 0 Å². The molecule has 0 N–H and O–H groups in total. The molecule has 3 heteroatoms. The lowest BCUT2D eigenvalue weighted by atomic mass is 10.00. The number of nitrogens with zero attached hydrogens (tertiary/aromatic N) is 2. The van der Waals surface area contributed by atoms with Gasteiger partial charge in [-0.25, -0.2) is 4.98 Å². The second kappa shape index (κ2) is 6.82. The van der Waals surface area contributed by atoms with E-state index in [2.05, 4.69) is 124 Å². The third-order valence-corrected chi connectivity index (χ3v) is 6.18. The molecule has 0 amide bonds. The van der Waals surface area contributed by atoms with Crippen LogP contribution >= 0.6 is 15.9 Å². The standard InChI is InChI=1S/C27H17BrN2/c28-19-16-14-18(15-17-19)27-29-25-23-12-6-4-10-21(23)22-11-5-7-13-24(22)26(25)30(27)20-8-2-1-3-9-20/h1-17H. The lowest BCUT2D eigenvalue weighted by Crippen LogP contribution is -1.97. The third kappa shape index (κ3) is 2.59. The Hall–Kier alpha value is -3.43. The molecule has 0 aliphatic heterocycles. The first-order valence-electron chi connectivity index (χ1n) is 9.94.